The molecular formula is C10H8F4N2O5. The Balaban J connectivity index is 3.10. The summed E-state index contributed by atoms with van der Waals surface area (Å²) >= 11 is 0. The second kappa shape index (κ2) is 5.91. The van der Waals surface area contributed by atoms with Gasteiger partial charge in [-0.2, -0.15) is 13.2 Å². The van der Waals surface area contributed by atoms with E-state index < -0.39 is 52.5 Å². The number of aliphatic hydroxyl groups excluding tert-OH is 1. The van der Waals surface area contributed by atoms with Gasteiger partial charge in [0, 0.05) is 18.7 Å². The Morgan fingerprint density at radius 3 is 2.43 bits per heavy atom. The maximum absolute atomic E-state index is 13.4. The summed E-state index contributed by atoms with van der Waals surface area (Å²) < 4.78 is 49.6. The highest BCUT2D eigenvalue weighted by Crippen LogP contribution is 2.29. The summed E-state index contributed by atoms with van der Waals surface area (Å²) in [4.78, 5) is 20.3. The minimum Gasteiger partial charge on any atom is -0.478 e. The number of rotatable bonds is 5. The number of nitrogens with zero attached hydrogens (tertiary/aromatic N) is 1. The second-order valence-electron chi connectivity index (χ2n) is 3.85. The Labute approximate surface area is 114 Å². The van der Waals surface area contributed by atoms with E-state index in [0.29, 0.717) is 12.1 Å². The molecule has 0 fully saturated rings. The molecule has 1 aromatic rings. The third-order valence-electron chi connectivity index (χ3n) is 2.38. The molecule has 116 valence electrons. The molecule has 0 aliphatic heterocycles. The SMILES string of the molecule is O=C(O)c1cc([N+](=O)[O-])c(NCC(O)C(F)(F)F)cc1F. The molecule has 0 aromatic heterocycles. The number of benzene rings is 1. The van der Waals surface area contributed by atoms with E-state index in [-0.39, 0.29) is 0 Å². The topological polar surface area (TPSA) is 113 Å². The molecule has 1 aromatic carbocycles. The predicted molar refractivity (Wildman–Crippen MR) is 60.6 cm³/mol. The van der Waals surface area contributed by atoms with Gasteiger partial charge in [0.1, 0.15) is 17.1 Å². The molecule has 1 atom stereocenters. The van der Waals surface area contributed by atoms with Gasteiger partial charge >= 0.3 is 12.1 Å². The van der Waals surface area contributed by atoms with E-state index in [9.17, 15) is 32.5 Å². The summed E-state index contributed by atoms with van der Waals surface area (Å²) in [5.41, 5.74) is -2.60. The molecule has 0 bridgehead atoms. The lowest BCUT2D eigenvalue weighted by molar-refractivity contribution is -0.384. The quantitative estimate of drug-likeness (QED) is 0.434. The van der Waals surface area contributed by atoms with Crippen LogP contribution in [0.1, 0.15) is 10.4 Å². The number of nitrogens with one attached hydrogen (secondary N) is 1. The molecule has 7 nitrogen and oxygen atoms in total. The summed E-state index contributed by atoms with van der Waals surface area (Å²) in [6.07, 6.45) is -7.78. The Hall–Kier alpha value is -2.43. The van der Waals surface area contributed by atoms with Crippen molar-refractivity contribution in [3.8, 4) is 0 Å². The summed E-state index contributed by atoms with van der Waals surface area (Å²) in [5.74, 6) is -3.13. The third kappa shape index (κ3) is 4.02. The number of anilines is 1. The number of halogens is 4. The smallest absolute Gasteiger partial charge is 0.416 e. The molecular weight excluding hydrogens is 304 g/mol. The van der Waals surface area contributed by atoms with Crippen molar-refractivity contribution in [1.29, 1.82) is 0 Å². The Kier molecular flexibility index (Phi) is 4.68. The van der Waals surface area contributed by atoms with Crippen LogP contribution in [-0.4, -0.2) is 39.9 Å². The van der Waals surface area contributed by atoms with Gasteiger partial charge in [-0.25, -0.2) is 9.18 Å². The van der Waals surface area contributed by atoms with Crippen LogP contribution in [0.3, 0.4) is 0 Å². The van der Waals surface area contributed by atoms with Gasteiger partial charge < -0.3 is 15.5 Å². The van der Waals surface area contributed by atoms with E-state index in [0.717, 1.165) is 0 Å². The first-order valence-corrected chi connectivity index (χ1v) is 5.24. The van der Waals surface area contributed by atoms with Crippen LogP contribution in [0.2, 0.25) is 0 Å². The molecule has 1 unspecified atom stereocenters. The first kappa shape index (κ1) is 16.6. The van der Waals surface area contributed by atoms with Gasteiger partial charge in [0.15, 0.2) is 6.10 Å². The number of hydrogen-bond donors (Lipinski definition) is 3. The van der Waals surface area contributed by atoms with Gasteiger partial charge in [0.05, 0.1) is 4.92 Å². The molecule has 11 heteroatoms. The average Bonchev–Trinajstić information content (AvgIpc) is 2.33. The van der Waals surface area contributed by atoms with Crippen molar-refractivity contribution in [2.45, 2.75) is 12.3 Å². The van der Waals surface area contributed by atoms with Crippen molar-refractivity contribution in [1.82, 2.24) is 0 Å². The molecule has 0 aliphatic rings. The third-order valence-corrected chi connectivity index (χ3v) is 2.38. The Morgan fingerprint density at radius 1 is 1.43 bits per heavy atom. The molecule has 0 heterocycles. The van der Waals surface area contributed by atoms with Gasteiger partial charge in [0.25, 0.3) is 5.69 Å². The normalized spacial score (nSPS) is 12.8. The highest BCUT2D eigenvalue weighted by molar-refractivity contribution is 5.90. The van der Waals surface area contributed by atoms with Crippen LogP contribution in [0.4, 0.5) is 28.9 Å². The molecule has 0 aliphatic carbocycles. The molecule has 0 saturated carbocycles. The zero-order valence-electron chi connectivity index (χ0n) is 10.0. The number of carboxylic acids is 1. The van der Waals surface area contributed by atoms with Crippen LogP contribution >= 0.6 is 0 Å². The second-order valence-corrected chi connectivity index (χ2v) is 3.85. The number of carboxylic acid groups (broad SMARTS) is 1. The van der Waals surface area contributed by atoms with Crippen LogP contribution in [0.15, 0.2) is 12.1 Å². The minimum absolute atomic E-state index is 0.375. The van der Waals surface area contributed by atoms with E-state index in [1.165, 1.54) is 0 Å². The largest absolute Gasteiger partial charge is 0.478 e. The number of nitro groups is 1. The summed E-state index contributed by atoms with van der Waals surface area (Å²) in [5, 5.41) is 29.9. The zero-order valence-corrected chi connectivity index (χ0v) is 10.0. The van der Waals surface area contributed by atoms with Crippen molar-refractivity contribution in [3.63, 3.8) is 0 Å². The standard InChI is InChI=1S/C10H8F4N2O5/c11-5-2-6(15-3-8(17)10(12,13)14)7(16(20)21)1-4(5)9(18)19/h1-2,8,15,17H,3H2,(H,18,19). The lowest BCUT2D eigenvalue weighted by Gasteiger charge is -2.16. The van der Waals surface area contributed by atoms with Crippen molar-refractivity contribution >= 4 is 17.3 Å². The van der Waals surface area contributed by atoms with Crippen LogP contribution in [0.25, 0.3) is 0 Å². The molecule has 3 N–H and O–H groups in total. The van der Waals surface area contributed by atoms with E-state index >= 15 is 0 Å². The van der Waals surface area contributed by atoms with Crippen LogP contribution < -0.4 is 5.32 Å². The maximum Gasteiger partial charge on any atom is 0.416 e. The van der Waals surface area contributed by atoms with E-state index in [4.69, 9.17) is 10.2 Å². The van der Waals surface area contributed by atoms with Crippen LogP contribution in [0.5, 0.6) is 0 Å². The molecule has 1 rings (SSSR count). The lowest BCUT2D eigenvalue weighted by Crippen LogP contribution is -2.35. The van der Waals surface area contributed by atoms with Crippen molar-refractivity contribution in [2.75, 3.05) is 11.9 Å². The first-order chi connectivity index (χ1) is 9.54. The highest BCUT2D eigenvalue weighted by Gasteiger charge is 2.38. The van der Waals surface area contributed by atoms with Gasteiger partial charge in [0.2, 0.25) is 0 Å². The molecule has 21 heavy (non-hydrogen) atoms. The Morgan fingerprint density at radius 2 is 2.00 bits per heavy atom. The summed E-state index contributed by atoms with van der Waals surface area (Å²) in [6.45, 7) is -1.16. The first-order valence-electron chi connectivity index (χ1n) is 5.24. The van der Waals surface area contributed by atoms with Gasteiger partial charge in [-0.15, -0.1) is 0 Å². The zero-order chi connectivity index (χ0) is 16.4. The van der Waals surface area contributed by atoms with E-state index in [1.807, 2.05) is 5.32 Å². The number of alkyl halides is 3. The number of hydrogen-bond acceptors (Lipinski definition) is 5. The molecule has 0 saturated heterocycles. The average molecular weight is 312 g/mol. The van der Waals surface area contributed by atoms with Gasteiger partial charge in [-0.1, -0.05) is 0 Å². The number of carbonyl (C=O) groups is 1. The minimum atomic E-state index is -4.96. The molecule has 0 spiro atoms. The van der Waals surface area contributed by atoms with Crippen LogP contribution in [-0.2, 0) is 0 Å². The van der Waals surface area contributed by atoms with Crippen molar-refractivity contribution in [2.24, 2.45) is 0 Å². The van der Waals surface area contributed by atoms with Crippen LogP contribution in [0, 0.1) is 15.9 Å². The fraction of sp³-hybridized carbons (Fsp3) is 0.300. The van der Waals surface area contributed by atoms with Gasteiger partial charge in [-0.05, 0) is 0 Å². The number of aromatic carboxylic acids is 1. The van der Waals surface area contributed by atoms with Crippen molar-refractivity contribution in [3.05, 3.63) is 33.6 Å². The van der Waals surface area contributed by atoms with Crippen molar-refractivity contribution < 1.29 is 37.5 Å². The summed E-state index contributed by atoms with van der Waals surface area (Å²) in [7, 11) is 0. The monoisotopic (exact) mass is 312 g/mol. The molecule has 0 amide bonds. The Bertz CT molecular complexity index is 575. The predicted octanol–water partition coefficient (Wildman–Crippen LogP) is 1.77. The fourth-order valence-electron chi connectivity index (χ4n) is 1.34. The van der Waals surface area contributed by atoms with E-state index in [2.05, 4.69) is 0 Å². The fourth-order valence-corrected chi connectivity index (χ4v) is 1.34. The summed E-state index contributed by atoms with van der Waals surface area (Å²) in [6, 6.07) is 0.755. The highest BCUT2D eigenvalue weighted by atomic mass is 19.4. The lowest BCUT2D eigenvalue weighted by atomic mass is 10.1. The number of nitro benzene ring substituents is 1. The van der Waals surface area contributed by atoms with E-state index in [1.54, 1.807) is 0 Å². The van der Waals surface area contributed by atoms with Gasteiger partial charge in [-0.3, -0.25) is 10.1 Å². The maximum atomic E-state index is 13.4. The molecule has 0 radical (unpaired) electrons. The number of aliphatic hydroxyl groups is 1.